The highest BCUT2D eigenvalue weighted by Gasteiger charge is 2.09. The average molecular weight is 354 g/mol. The van der Waals surface area contributed by atoms with Crippen LogP contribution in [0.4, 0.5) is 0 Å². The molecule has 0 radical (unpaired) electrons. The lowest BCUT2D eigenvalue weighted by atomic mass is 10.1. The number of rotatable bonds is 9. The number of hydrogen-bond donors (Lipinski definition) is 1. The third-order valence-corrected chi connectivity index (χ3v) is 4.16. The van der Waals surface area contributed by atoms with E-state index in [9.17, 15) is 4.79 Å². The molecule has 0 saturated heterocycles. The minimum Gasteiger partial charge on any atom is -0.491 e. The summed E-state index contributed by atoms with van der Waals surface area (Å²) in [6, 6.07) is 7.79. The number of aryl methyl sites for hydroxylation is 2. The monoisotopic (exact) mass is 354 g/mol. The Morgan fingerprint density at radius 2 is 2.15 bits per heavy atom. The van der Waals surface area contributed by atoms with Gasteiger partial charge in [-0.25, -0.2) is 4.98 Å². The maximum atomic E-state index is 10.9. The molecule has 0 unspecified atom stereocenters. The van der Waals surface area contributed by atoms with Gasteiger partial charge < -0.3 is 14.4 Å². The molecule has 0 saturated carbocycles. The zero-order valence-electron chi connectivity index (χ0n) is 14.7. The maximum Gasteiger partial charge on any atom is 0.303 e. The molecule has 0 amide bonds. The number of aliphatic carboxylic acids is 1. The SMILES string of the molecule is Cc1nccn1CCOc1cc(Cn2cccn2)ccc1CCC(=O)O. The van der Waals surface area contributed by atoms with Gasteiger partial charge in [-0.2, -0.15) is 5.10 Å². The van der Waals surface area contributed by atoms with E-state index < -0.39 is 5.97 Å². The number of aromatic nitrogens is 4. The van der Waals surface area contributed by atoms with Crippen LogP contribution >= 0.6 is 0 Å². The summed E-state index contributed by atoms with van der Waals surface area (Å²) in [5, 5.41) is 13.2. The van der Waals surface area contributed by atoms with Crippen molar-refractivity contribution in [3.63, 3.8) is 0 Å². The number of hydrogen-bond acceptors (Lipinski definition) is 4. The lowest BCUT2D eigenvalue weighted by Crippen LogP contribution is -2.11. The van der Waals surface area contributed by atoms with Gasteiger partial charge in [0.2, 0.25) is 0 Å². The van der Waals surface area contributed by atoms with Crippen molar-refractivity contribution < 1.29 is 14.6 Å². The van der Waals surface area contributed by atoms with Crippen LogP contribution in [0.3, 0.4) is 0 Å². The van der Waals surface area contributed by atoms with Crippen LogP contribution in [0.15, 0.2) is 49.1 Å². The van der Waals surface area contributed by atoms with Gasteiger partial charge in [0.15, 0.2) is 0 Å². The third kappa shape index (κ3) is 4.72. The van der Waals surface area contributed by atoms with Gasteiger partial charge in [-0.1, -0.05) is 12.1 Å². The van der Waals surface area contributed by atoms with Crippen LogP contribution in [0, 0.1) is 6.92 Å². The Morgan fingerprint density at radius 1 is 1.27 bits per heavy atom. The molecular formula is C19H22N4O3. The van der Waals surface area contributed by atoms with E-state index in [1.54, 1.807) is 12.4 Å². The van der Waals surface area contributed by atoms with Crippen molar-refractivity contribution in [3.8, 4) is 5.75 Å². The standard InChI is InChI=1S/C19H22N4O3/c1-15-20-8-10-22(15)11-12-26-18-13-16(14-23-9-2-7-21-23)3-4-17(18)5-6-19(24)25/h2-4,7-10,13H,5-6,11-12,14H2,1H3,(H,24,25). The van der Waals surface area contributed by atoms with E-state index in [0.29, 0.717) is 26.1 Å². The highest BCUT2D eigenvalue weighted by atomic mass is 16.5. The molecule has 0 bridgehead atoms. The van der Waals surface area contributed by atoms with E-state index in [2.05, 4.69) is 10.1 Å². The molecule has 3 rings (SSSR count). The fourth-order valence-corrected chi connectivity index (χ4v) is 2.75. The van der Waals surface area contributed by atoms with Crippen LogP contribution in [-0.2, 0) is 24.3 Å². The van der Waals surface area contributed by atoms with Crippen LogP contribution in [0.2, 0.25) is 0 Å². The lowest BCUT2D eigenvalue weighted by Gasteiger charge is -2.14. The molecule has 7 nitrogen and oxygen atoms in total. The summed E-state index contributed by atoms with van der Waals surface area (Å²) in [4.78, 5) is 15.1. The summed E-state index contributed by atoms with van der Waals surface area (Å²) < 4.78 is 9.84. The number of benzene rings is 1. The first-order valence-corrected chi connectivity index (χ1v) is 8.53. The Balaban J connectivity index is 1.71. The molecule has 0 aliphatic carbocycles. The van der Waals surface area contributed by atoms with Gasteiger partial charge in [0, 0.05) is 31.2 Å². The van der Waals surface area contributed by atoms with Gasteiger partial charge in [-0.15, -0.1) is 0 Å². The highest BCUT2D eigenvalue weighted by Crippen LogP contribution is 2.23. The van der Waals surface area contributed by atoms with Crippen molar-refractivity contribution in [2.75, 3.05) is 6.61 Å². The quantitative estimate of drug-likeness (QED) is 0.638. The first-order valence-electron chi connectivity index (χ1n) is 8.53. The Labute approximate surface area is 151 Å². The normalized spacial score (nSPS) is 10.8. The molecule has 3 aromatic rings. The number of carbonyl (C=O) groups is 1. The van der Waals surface area contributed by atoms with Gasteiger partial charge in [0.05, 0.1) is 13.1 Å². The van der Waals surface area contributed by atoms with E-state index in [1.165, 1.54) is 0 Å². The van der Waals surface area contributed by atoms with Crippen molar-refractivity contribution in [1.29, 1.82) is 0 Å². The Hall–Kier alpha value is -3.09. The van der Waals surface area contributed by atoms with Crippen molar-refractivity contribution >= 4 is 5.97 Å². The Bertz CT molecular complexity index is 856. The van der Waals surface area contributed by atoms with Crippen molar-refractivity contribution in [2.45, 2.75) is 32.9 Å². The van der Waals surface area contributed by atoms with Crippen molar-refractivity contribution in [1.82, 2.24) is 19.3 Å². The van der Waals surface area contributed by atoms with Gasteiger partial charge in [0.25, 0.3) is 0 Å². The number of nitrogens with zero attached hydrogens (tertiary/aromatic N) is 4. The second-order valence-corrected chi connectivity index (χ2v) is 6.06. The minimum absolute atomic E-state index is 0.0789. The van der Waals surface area contributed by atoms with Crippen LogP contribution in [0.25, 0.3) is 0 Å². The summed E-state index contributed by atoms with van der Waals surface area (Å²) in [7, 11) is 0. The molecule has 0 aliphatic rings. The predicted molar refractivity (Wildman–Crippen MR) is 96.2 cm³/mol. The van der Waals surface area contributed by atoms with Crippen LogP contribution in [-0.4, -0.2) is 37.0 Å². The van der Waals surface area contributed by atoms with Crippen molar-refractivity contribution in [2.24, 2.45) is 0 Å². The number of carboxylic acid groups (broad SMARTS) is 1. The van der Waals surface area contributed by atoms with Crippen LogP contribution in [0.5, 0.6) is 5.75 Å². The number of ether oxygens (including phenoxy) is 1. The van der Waals surface area contributed by atoms with E-state index >= 15 is 0 Å². The highest BCUT2D eigenvalue weighted by molar-refractivity contribution is 5.67. The molecule has 1 N–H and O–H groups in total. The second kappa shape index (κ2) is 8.33. The topological polar surface area (TPSA) is 82.2 Å². The second-order valence-electron chi connectivity index (χ2n) is 6.06. The maximum absolute atomic E-state index is 10.9. The minimum atomic E-state index is -0.814. The summed E-state index contributed by atoms with van der Waals surface area (Å²) in [5.74, 6) is 0.853. The molecule has 0 atom stereocenters. The molecule has 26 heavy (non-hydrogen) atoms. The molecule has 7 heteroatoms. The van der Waals surface area contributed by atoms with E-state index in [1.807, 2.05) is 52.8 Å². The molecule has 2 heterocycles. The molecular weight excluding hydrogens is 332 g/mol. The lowest BCUT2D eigenvalue weighted by molar-refractivity contribution is -0.136. The van der Waals surface area contributed by atoms with Gasteiger partial charge >= 0.3 is 5.97 Å². The van der Waals surface area contributed by atoms with E-state index in [-0.39, 0.29) is 6.42 Å². The van der Waals surface area contributed by atoms with Gasteiger partial charge in [-0.3, -0.25) is 9.48 Å². The summed E-state index contributed by atoms with van der Waals surface area (Å²) in [6.07, 6.45) is 7.84. The smallest absolute Gasteiger partial charge is 0.303 e. The van der Waals surface area contributed by atoms with E-state index in [4.69, 9.17) is 9.84 Å². The number of carboxylic acids is 1. The first kappa shape index (κ1) is 17.7. The fraction of sp³-hybridized carbons (Fsp3) is 0.316. The summed E-state index contributed by atoms with van der Waals surface area (Å²) >= 11 is 0. The molecule has 0 fully saturated rings. The van der Waals surface area contributed by atoms with Gasteiger partial charge in [-0.05, 0) is 36.6 Å². The zero-order chi connectivity index (χ0) is 18.4. The summed E-state index contributed by atoms with van der Waals surface area (Å²) in [5.41, 5.74) is 1.96. The van der Waals surface area contributed by atoms with Crippen LogP contribution < -0.4 is 4.74 Å². The molecule has 136 valence electrons. The number of imidazole rings is 1. The molecule has 2 aromatic heterocycles. The largest absolute Gasteiger partial charge is 0.491 e. The van der Waals surface area contributed by atoms with Crippen LogP contribution in [0.1, 0.15) is 23.4 Å². The third-order valence-electron chi connectivity index (χ3n) is 4.16. The van der Waals surface area contributed by atoms with E-state index in [0.717, 1.165) is 22.7 Å². The molecule has 0 spiro atoms. The summed E-state index contributed by atoms with van der Waals surface area (Å²) in [6.45, 7) is 3.77. The first-order chi connectivity index (χ1) is 12.6. The zero-order valence-corrected chi connectivity index (χ0v) is 14.7. The average Bonchev–Trinajstić information content (AvgIpc) is 3.26. The predicted octanol–water partition coefficient (Wildman–Crippen LogP) is 2.53. The van der Waals surface area contributed by atoms with Crippen molar-refractivity contribution in [3.05, 3.63) is 66.0 Å². The Kier molecular flexibility index (Phi) is 5.68. The molecule has 1 aromatic carbocycles. The van der Waals surface area contributed by atoms with Gasteiger partial charge in [0.1, 0.15) is 18.2 Å². The molecule has 0 aliphatic heterocycles. The fourth-order valence-electron chi connectivity index (χ4n) is 2.75. The Morgan fingerprint density at radius 3 is 2.85 bits per heavy atom.